The van der Waals surface area contributed by atoms with E-state index in [1.54, 1.807) is 0 Å². The molecule has 0 aliphatic heterocycles. The molecule has 0 fully saturated rings. The van der Waals surface area contributed by atoms with Crippen molar-refractivity contribution in [3.63, 3.8) is 0 Å². The Morgan fingerprint density at radius 1 is 0.358 bits per heavy atom. The Morgan fingerprint density at radius 2 is 1.02 bits per heavy atom. The number of aromatic nitrogens is 2. The summed E-state index contributed by atoms with van der Waals surface area (Å²) in [5, 5.41) is 5.98. The number of fused-ring (bicyclic) bond motifs is 8. The van der Waals surface area contributed by atoms with Gasteiger partial charge in [0.25, 0.3) is 0 Å². The van der Waals surface area contributed by atoms with Crippen LogP contribution >= 0.6 is 0 Å². The van der Waals surface area contributed by atoms with E-state index in [1.165, 1.54) is 55.0 Å². The Hall–Kier alpha value is -7.10. The quantitative estimate of drug-likeness (QED) is 0.178. The highest BCUT2D eigenvalue weighted by Gasteiger charge is 2.18. The Morgan fingerprint density at radius 3 is 1.77 bits per heavy atom. The zero-order valence-electron chi connectivity index (χ0n) is 28.8. The van der Waals surface area contributed by atoms with Crippen LogP contribution in [0, 0.1) is 0 Å². The minimum absolute atomic E-state index is 0.913. The number of furan rings is 1. The van der Waals surface area contributed by atoms with E-state index < -0.39 is 0 Å². The molecule has 53 heavy (non-hydrogen) atoms. The molecule has 8 aromatic carbocycles. The van der Waals surface area contributed by atoms with E-state index in [1.807, 2.05) is 12.1 Å². The first kappa shape index (κ1) is 29.6. The average molecular weight is 677 g/mol. The van der Waals surface area contributed by atoms with Crippen molar-refractivity contribution in [1.29, 1.82) is 0 Å². The summed E-state index contributed by atoms with van der Waals surface area (Å²) in [5.41, 5.74) is 14.7. The third-order valence-corrected chi connectivity index (χ3v) is 10.8. The fourth-order valence-corrected chi connectivity index (χ4v) is 8.28. The molecular formula is C50H32N2O. The summed E-state index contributed by atoms with van der Waals surface area (Å²) in [4.78, 5) is 0. The Balaban J connectivity index is 1.09. The van der Waals surface area contributed by atoms with Crippen molar-refractivity contribution in [2.45, 2.75) is 0 Å². The summed E-state index contributed by atoms with van der Waals surface area (Å²) in [6.07, 6.45) is 2.22. The highest BCUT2D eigenvalue weighted by Crippen LogP contribution is 2.40. The number of hydrogen-bond acceptors (Lipinski definition) is 1. The van der Waals surface area contributed by atoms with E-state index in [0.717, 1.165) is 44.4 Å². The van der Waals surface area contributed by atoms with Crippen LogP contribution in [-0.2, 0) is 0 Å². The van der Waals surface area contributed by atoms with Gasteiger partial charge >= 0.3 is 0 Å². The molecule has 3 heteroatoms. The molecule has 0 atom stereocenters. The molecule has 11 aromatic rings. The molecule has 3 heterocycles. The van der Waals surface area contributed by atoms with E-state index in [0.29, 0.717) is 0 Å². The number of rotatable bonds is 5. The van der Waals surface area contributed by atoms with Gasteiger partial charge in [0.05, 0.1) is 16.6 Å². The van der Waals surface area contributed by atoms with Crippen molar-refractivity contribution < 1.29 is 4.42 Å². The normalized spacial score (nSPS) is 11.8. The van der Waals surface area contributed by atoms with Crippen molar-refractivity contribution in [2.75, 3.05) is 0 Å². The van der Waals surface area contributed by atoms with Gasteiger partial charge in [-0.1, -0.05) is 133 Å². The van der Waals surface area contributed by atoms with Crippen LogP contribution in [0.3, 0.4) is 0 Å². The van der Waals surface area contributed by atoms with Gasteiger partial charge < -0.3 is 13.6 Å². The molecule has 0 amide bonds. The lowest BCUT2D eigenvalue weighted by atomic mass is 9.98. The Labute approximate surface area is 306 Å². The van der Waals surface area contributed by atoms with E-state index in [2.05, 4.69) is 191 Å². The van der Waals surface area contributed by atoms with Crippen molar-refractivity contribution >= 4 is 54.6 Å². The zero-order chi connectivity index (χ0) is 34.9. The summed E-state index contributed by atoms with van der Waals surface area (Å²) in [6, 6.07) is 67.5. The summed E-state index contributed by atoms with van der Waals surface area (Å²) >= 11 is 0. The summed E-state index contributed by atoms with van der Waals surface area (Å²) in [6.45, 7) is 0. The van der Waals surface area contributed by atoms with Gasteiger partial charge in [0.2, 0.25) is 0 Å². The zero-order valence-corrected chi connectivity index (χ0v) is 28.8. The molecule has 0 aliphatic rings. The van der Waals surface area contributed by atoms with E-state index in [-0.39, 0.29) is 0 Å². The minimum Gasteiger partial charge on any atom is -0.455 e. The van der Waals surface area contributed by atoms with Crippen LogP contribution in [-0.4, -0.2) is 9.13 Å². The van der Waals surface area contributed by atoms with E-state index in [9.17, 15) is 0 Å². The molecule has 0 unspecified atom stereocenters. The lowest BCUT2D eigenvalue weighted by Crippen LogP contribution is -1.96. The van der Waals surface area contributed by atoms with Crippen molar-refractivity contribution in [1.82, 2.24) is 9.13 Å². The summed E-state index contributed by atoms with van der Waals surface area (Å²) in [7, 11) is 0. The maximum Gasteiger partial charge on any atom is 0.143 e. The van der Waals surface area contributed by atoms with Crippen molar-refractivity contribution in [3.05, 3.63) is 194 Å². The third kappa shape index (κ3) is 4.68. The predicted molar refractivity (Wildman–Crippen MR) is 221 cm³/mol. The molecular weight excluding hydrogens is 645 g/mol. The van der Waals surface area contributed by atoms with Crippen molar-refractivity contribution in [2.24, 2.45) is 0 Å². The topological polar surface area (TPSA) is 23.0 Å². The van der Waals surface area contributed by atoms with Crippen LogP contribution < -0.4 is 0 Å². The first-order valence-corrected chi connectivity index (χ1v) is 18.1. The summed E-state index contributed by atoms with van der Waals surface area (Å²) in [5.74, 6) is 0. The van der Waals surface area contributed by atoms with Gasteiger partial charge in [-0.25, -0.2) is 0 Å². The molecule has 0 N–H and O–H groups in total. The van der Waals surface area contributed by atoms with Crippen LogP contribution in [0.5, 0.6) is 0 Å². The lowest BCUT2D eigenvalue weighted by Gasteiger charge is -2.13. The molecule has 248 valence electrons. The van der Waals surface area contributed by atoms with Gasteiger partial charge in [-0.15, -0.1) is 0 Å². The van der Waals surface area contributed by atoms with Gasteiger partial charge in [0.15, 0.2) is 0 Å². The molecule has 0 radical (unpaired) electrons. The fourth-order valence-electron chi connectivity index (χ4n) is 8.28. The number of para-hydroxylation sites is 3. The molecule has 0 bridgehead atoms. The van der Waals surface area contributed by atoms with Crippen LogP contribution in [0.4, 0.5) is 0 Å². The van der Waals surface area contributed by atoms with Crippen LogP contribution in [0.25, 0.3) is 99.4 Å². The van der Waals surface area contributed by atoms with Gasteiger partial charge in [0, 0.05) is 50.1 Å². The maximum absolute atomic E-state index is 6.40. The molecule has 0 aliphatic carbocycles. The highest BCUT2D eigenvalue weighted by atomic mass is 16.3. The SMILES string of the molecule is c1ccc(-c2cc(-c3ccccc3)cc(-n3ccc4c3ccc3c5ccccc5n(-c5ccc(-c6cccc7c6oc6ccccc67)cc5)c34)c2)cc1. The third-order valence-electron chi connectivity index (χ3n) is 10.8. The largest absolute Gasteiger partial charge is 0.455 e. The number of benzene rings is 8. The smallest absolute Gasteiger partial charge is 0.143 e. The number of hydrogen-bond donors (Lipinski definition) is 0. The van der Waals surface area contributed by atoms with E-state index >= 15 is 0 Å². The lowest BCUT2D eigenvalue weighted by molar-refractivity contribution is 0.670. The first-order chi connectivity index (χ1) is 26.3. The molecule has 0 spiro atoms. The first-order valence-electron chi connectivity index (χ1n) is 18.1. The molecule has 0 saturated carbocycles. The second-order valence-corrected chi connectivity index (χ2v) is 13.8. The second kappa shape index (κ2) is 11.7. The maximum atomic E-state index is 6.40. The number of nitrogens with zero attached hydrogens (tertiary/aromatic N) is 2. The Bertz CT molecular complexity index is 3090. The van der Waals surface area contributed by atoms with Gasteiger partial charge in [-0.3, -0.25) is 0 Å². The molecule has 11 rings (SSSR count). The van der Waals surface area contributed by atoms with Crippen LogP contribution in [0.1, 0.15) is 0 Å². The average Bonchev–Trinajstić information content (AvgIpc) is 3.94. The van der Waals surface area contributed by atoms with Crippen LogP contribution in [0.15, 0.2) is 199 Å². The second-order valence-electron chi connectivity index (χ2n) is 13.8. The van der Waals surface area contributed by atoms with Gasteiger partial charge in [0.1, 0.15) is 11.2 Å². The predicted octanol–water partition coefficient (Wildman–Crippen LogP) is 13.6. The highest BCUT2D eigenvalue weighted by molar-refractivity contribution is 6.18. The van der Waals surface area contributed by atoms with Crippen LogP contribution in [0.2, 0.25) is 0 Å². The molecule has 3 aromatic heterocycles. The molecule has 3 nitrogen and oxygen atoms in total. The van der Waals surface area contributed by atoms with Crippen molar-refractivity contribution in [3.8, 4) is 44.8 Å². The Kier molecular flexibility index (Phi) is 6.55. The van der Waals surface area contributed by atoms with E-state index in [4.69, 9.17) is 4.42 Å². The standard InChI is InChI=1S/C50H32N2O/c1-3-12-33(13-4-1)36-30-37(34-14-5-2-6-15-34)32-39(31-36)51-29-28-45-46(51)27-26-43-41-16-7-9-20-47(41)52(49(43)45)38-24-22-35(23-25-38)40-18-11-19-44-42-17-8-10-21-48(42)53-50(40)44/h1-32H. The molecule has 0 saturated heterocycles. The van der Waals surface area contributed by atoms with Gasteiger partial charge in [-0.05, 0) is 82.4 Å². The van der Waals surface area contributed by atoms with Gasteiger partial charge in [-0.2, -0.15) is 0 Å². The fraction of sp³-hybridized carbons (Fsp3) is 0. The monoisotopic (exact) mass is 676 g/mol. The summed E-state index contributed by atoms with van der Waals surface area (Å²) < 4.78 is 11.2. The minimum atomic E-state index is 0.913.